The summed E-state index contributed by atoms with van der Waals surface area (Å²) >= 11 is 0. The summed E-state index contributed by atoms with van der Waals surface area (Å²) in [4.78, 5) is 37.7. The fraction of sp³-hybridized carbons (Fsp3) is 0.167. The highest BCUT2D eigenvalue weighted by Crippen LogP contribution is 2.28. The highest BCUT2D eigenvalue weighted by Gasteiger charge is 2.25. The molecule has 0 unspecified atom stereocenters. The van der Waals surface area contributed by atoms with Crippen molar-refractivity contribution in [1.82, 2.24) is 14.9 Å². The number of amides is 2. The normalized spacial score (nSPS) is 13.8. The van der Waals surface area contributed by atoms with Crippen LogP contribution in [0.4, 0.5) is 17.5 Å². The van der Waals surface area contributed by atoms with E-state index in [1.807, 2.05) is 35.2 Å². The number of hydrogen-bond acceptors (Lipinski definition) is 7. The van der Waals surface area contributed by atoms with Gasteiger partial charge in [-0.2, -0.15) is 4.98 Å². The second-order valence-electron chi connectivity index (χ2n) is 7.68. The standard InChI is InChI=1S/C24H22N6O3/c25-21(31)16-6-1-3-8-18(16)26-22-17-7-2-4-9-19(17)27-24(28-22)30-13-11-29(12-14-30)23(32)20-10-5-15-33-20/h1-10,15H,11-14H2,(H2,25,31)(H,26,27,28). The lowest BCUT2D eigenvalue weighted by Crippen LogP contribution is -2.49. The quantitative estimate of drug-likeness (QED) is 0.488. The Morgan fingerprint density at radius 2 is 1.67 bits per heavy atom. The number of fused-ring (bicyclic) bond motifs is 1. The largest absolute Gasteiger partial charge is 0.459 e. The molecule has 0 bridgehead atoms. The number of nitrogens with two attached hydrogens (primary N) is 1. The summed E-state index contributed by atoms with van der Waals surface area (Å²) in [5, 5.41) is 4.09. The second-order valence-corrected chi connectivity index (χ2v) is 7.68. The van der Waals surface area contributed by atoms with Crippen LogP contribution in [0.15, 0.2) is 71.3 Å². The van der Waals surface area contributed by atoms with E-state index in [-0.39, 0.29) is 5.91 Å². The number of carbonyl (C=O) groups is 2. The van der Waals surface area contributed by atoms with Crippen molar-refractivity contribution in [1.29, 1.82) is 0 Å². The molecule has 0 radical (unpaired) electrons. The van der Waals surface area contributed by atoms with Gasteiger partial charge in [0.2, 0.25) is 5.95 Å². The zero-order valence-electron chi connectivity index (χ0n) is 17.8. The van der Waals surface area contributed by atoms with Gasteiger partial charge in [-0.3, -0.25) is 9.59 Å². The third kappa shape index (κ3) is 4.08. The van der Waals surface area contributed by atoms with E-state index >= 15 is 0 Å². The third-order valence-electron chi connectivity index (χ3n) is 5.62. The maximum atomic E-state index is 12.6. The van der Waals surface area contributed by atoms with E-state index in [0.717, 1.165) is 10.9 Å². The number of benzene rings is 2. The Morgan fingerprint density at radius 1 is 0.909 bits per heavy atom. The minimum absolute atomic E-state index is 0.121. The lowest BCUT2D eigenvalue weighted by molar-refractivity contribution is 0.0714. The fourth-order valence-corrected chi connectivity index (χ4v) is 3.90. The number of primary amides is 1. The Morgan fingerprint density at radius 3 is 2.42 bits per heavy atom. The number of piperazine rings is 1. The number of furan rings is 1. The van der Waals surface area contributed by atoms with Crippen molar-refractivity contribution in [2.24, 2.45) is 5.73 Å². The molecule has 0 atom stereocenters. The van der Waals surface area contributed by atoms with Crippen molar-refractivity contribution >= 4 is 40.2 Å². The smallest absolute Gasteiger partial charge is 0.289 e. The molecule has 3 N–H and O–H groups in total. The maximum absolute atomic E-state index is 12.6. The van der Waals surface area contributed by atoms with Gasteiger partial charge in [0.25, 0.3) is 11.8 Å². The Balaban J connectivity index is 1.42. The first-order valence-corrected chi connectivity index (χ1v) is 10.6. The highest BCUT2D eigenvalue weighted by atomic mass is 16.3. The Bertz CT molecular complexity index is 1310. The van der Waals surface area contributed by atoms with Gasteiger partial charge in [0.05, 0.1) is 23.0 Å². The number of hydrogen-bond donors (Lipinski definition) is 2. The van der Waals surface area contributed by atoms with Crippen LogP contribution in [-0.4, -0.2) is 52.9 Å². The summed E-state index contributed by atoms with van der Waals surface area (Å²) < 4.78 is 5.24. The van der Waals surface area contributed by atoms with Crippen molar-refractivity contribution in [3.8, 4) is 0 Å². The maximum Gasteiger partial charge on any atom is 0.289 e. The van der Waals surface area contributed by atoms with Crippen molar-refractivity contribution in [2.45, 2.75) is 0 Å². The summed E-state index contributed by atoms with van der Waals surface area (Å²) in [6.07, 6.45) is 1.50. The first kappa shape index (κ1) is 20.5. The van der Waals surface area contributed by atoms with E-state index in [9.17, 15) is 9.59 Å². The SMILES string of the molecule is NC(=O)c1ccccc1Nc1nc(N2CCN(C(=O)c3ccco3)CC2)nc2ccccc12. The summed E-state index contributed by atoms with van der Waals surface area (Å²) in [6, 6.07) is 18.1. The first-order valence-electron chi connectivity index (χ1n) is 10.6. The minimum atomic E-state index is -0.519. The number of carbonyl (C=O) groups excluding carboxylic acids is 2. The van der Waals surface area contributed by atoms with Crippen molar-refractivity contribution in [3.05, 3.63) is 78.3 Å². The predicted octanol–water partition coefficient (Wildman–Crippen LogP) is 3.03. The van der Waals surface area contributed by atoms with Crippen LogP contribution in [0, 0.1) is 0 Å². The minimum Gasteiger partial charge on any atom is -0.459 e. The number of rotatable bonds is 5. The van der Waals surface area contributed by atoms with Gasteiger partial charge in [0.1, 0.15) is 5.82 Å². The van der Waals surface area contributed by atoms with E-state index in [1.165, 1.54) is 6.26 Å². The number of nitrogens with one attached hydrogen (secondary N) is 1. The lowest BCUT2D eigenvalue weighted by Gasteiger charge is -2.34. The number of aromatic nitrogens is 2. The van der Waals surface area contributed by atoms with Gasteiger partial charge < -0.3 is 25.3 Å². The van der Waals surface area contributed by atoms with Crippen LogP contribution in [0.3, 0.4) is 0 Å². The van der Waals surface area contributed by atoms with Gasteiger partial charge in [-0.15, -0.1) is 0 Å². The average molecular weight is 442 g/mol. The molecule has 3 heterocycles. The van der Waals surface area contributed by atoms with Gasteiger partial charge in [-0.25, -0.2) is 4.98 Å². The Kier molecular flexibility index (Phi) is 5.35. The molecule has 2 aromatic heterocycles. The molecule has 0 saturated carbocycles. The molecule has 2 amide bonds. The van der Waals surface area contributed by atoms with Gasteiger partial charge in [0.15, 0.2) is 5.76 Å². The van der Waals surface area contributed by atoms with E-state index in [0.29, 0.717) is 55.0 Å². The van der Waals surface area contributed by atoms with E-state index in [4.69, 9.17) is 20.1 Å². The molecular weight excluding hydrogens is 420 g/mol. The van der Waals surface area contributed by atoms with Crippen LogP contribution >= 0.6 is 0 Å². The fourth-order valence-electron chi connectivity index (χ4n) is 3.90. The topological polar surface area (TPSA) is 118 Å². The number of para-hydroxylation sites is 2. The zero-order valence-corrected chi connectivity index (χ0v) is 17.8. The second kappa shape index (κ2) is 8.62. The van der Waals surface area contributed by atoms with Crippen molar-refractivity contribution in [2.75, 3.05) is 36.4 Å². The molecule has 9 nitrogen and oxygen atoms in total. The van der Waals surface area contributed by atoms with Crippen LogP contribution in [0.5, 0.6) is 0 Å². The molecule has 4 aromatic rings. The molecule has 2 aromatic carbocycles. The summed E-state index contributed by atoms with van der Waals surface area (Å²) in [5.74, 6) is 0.833. The predicted molar refractivity (Wildman–Crippen MR) is 125 cm³/mol. The highest BCUT2D eigenvalue weighted by molar-refractivity contribution is 6.00. The average Bonchev–Trinajstić information content (AvgIpc) is 3.39. The van der Waals surface area contributed by atoms with Crippen LogP contribution in [0.1, 0.15) is 20.9 Å². The molecule has 5 rings (SSSR count). The number of nitrogens with zero attached hydrogens (tertiary/aromatic N) is 4. The number of anilines is 3. The van der Waals surface area contributed by atoms with E-state index in [2.05, 4.69) is 5.32 Å². The third-order valence-corrected chi connectivity index (χ3v) is 5.62. The van der Waals surface area contributed by atoms with Gasteiger partial charge in [-0.05, 0) is 36.4 Å². The molecule has 1 fully saturated rings. The first-order chi connectivity index (χ1) is 16.1. The monoisotopic (exact) mass is 442 g/mol. The van der Waals surface area contributed by atoms with Crippen LogP contribution in [0.2, 0.25) is 0 Å². The summed E-state index contributed by atoms with van der Waals surface area (Å²) in [6.45, 7) is 2.23. The molecule has 0 aliphatic carbocycles. The molecule has 0 spiro atoms. The Hall–Kier alpha value is -4.40. The van der Waals surface area contributed by atoms with Crippen molar-refractivity contribution in [3.63, 3.8) is 0 Å². The summed E-state index contributed by atoms with van der Waals surface area (Å²) in [5.41, 5.74) is 7.27. The molecule has 166 valence electrons. The van der Waals surface area contributed by atoms with E-state index in [1.54, 1.807) is 35.2 Å². The molecule has 33 heavy (non-hydrogen) atoms. The Labute approximate surface area is 189 Å². The van der Waals surface area contributed by atoms with Crippen LogP contribution < -0.4 is 16.0 Å². The van der Waals surface area contributed by atoms with E-state index < -0.39 is 5.91 Å². The molecule has 9 heteroatoms. The van der Waals surface area contributed by atoms with Gasteiger partial charge >= 0.3 is 0 Å². The summed E-state index contributed by atoms with van der Waals surface area (Å²) in [7, 11) is 0. The van der Waals surface area contributed by atoms with Crippen molar-refractivity contribution < 1.29 is 14.0 Å². The molecule has 1 aliphatic heterocycles. The lowest BCUT2D eigenvalue weighted by atomic mass is 10.1. The van der Waals surface area contributed by atoms with Gasteiger partial charge in [0, 0.05) is 31.6 Å². The van der Waals surface area contributed by atoms with Crippen LogP contribution in [0.25, 0.3) is 10.9 Å². The van der Waals surface area contributed by atoms with Gasteiger partial charge in [-0.1, -0.05) is 24.3 Å². The molecule has 1 aliphatic rings. The molecule has 1 saturated heterocycles. The van der Waals surface area contributed by atoms with Crippen LogP contribution in [-0.2, 0) is 0 Å². The zero-order chi connectivity index (χ0) is 22.8. The molecular formula is C24H22N6O3.